The average molecular weight is 309 g/mol. The van der Waals surface area contributed by atoms with Crippen molar-refractivity contribution in [3.8, 4) is 11.5 Å². The van der Waals surface area contributed by atoms with Gasteiger partial charge in [0.1, 0.15) is 0 Å². The minimum Gasteiger partial charge on any atom is -0.493 e. The molecule has 1 saturated carbocycles. The van der Waals surface area contributed by atoms with Crippen LogP contribution in [-0.4, -0.2) is 43.4 Å². The second-order valence-corrected chi connectivity index (χ2v) is 5.99. The molecule has 1 saturated heterocycles. The van der Waals surface area contributed by atoms with Crippen LogP contribution in [0.3, 0.4) is 0 Å². The van der Waals surface area contributed by atoms with Gasteiger partial charge in [-0.3, -0.25) is 4.79 Å². The van der Waals surface area contributed by atoms with Gasteiger partial charge in [-0.2, -0.15) is 0 Å². The summed E-state index contributed by atoms with van der Waals surface area (Å²) >= 11 is 0. The van der Waals surface area contributed by atoms with Crippen LogP contribution >= 0.6 is 0 Å². The zero-order valence-electron chi connectivity index (χ0n) is 22.0. The lowest BCUT2D eigenvalue weighted by Gasteiger charge is -2.57. The van der Waals surface area contributed by atoms with Gasteiger partial charge in [-0.15, -0.1) is 0 Å². The van der Waals surface area contributed by atoms with Crippen LogP contribution in [0.1, 0.15) is 44.0 Å². The van der Waals surface area contributed by atoms with Crippen molar-refractivity contribution < 1.29 is 28.0 Å². The summed E-state index contributed by atoms with van der Waals surface area (Å²) in [7, 11) is 1.24. The van der Waals surface area contributed by atoms with Crippen LogP contribution in [0.15, 0.2) is 12.1 Å². The number of methoxy groups -OCH3 is 1. The van der Waals surface area contributed by atoms with E-state index in [4.69, 9.17) is 20.4 Å². The molecular weight excluding hydrogens is 278 g/mol. The second kappa shape index (κ2) is 4.05. The van der Waals surface area contributed by atoms with E-state index in [1.165, 1.54) is 7.11 Å². The van der Waals surface area contributed by atoms with Crippen LogP contribution in [0.4, 0.5) is 0 Å². The van der Waals surface area contributed by atoms with Crippen LogP contribution in [0.5, 0.6) is 11.5 Å². The predicted molar refractivity (Wildman–Crippen MR) is 81.6 cm³/mol. The van der Waals surface area contributed by atoms with Gasteiger partial charge in [0.25, 0.3) is 0 Å². The molecule has 0 radical (unpaired) electrons. The molecule has 1 aromatic carbocycles. The first kappa shape index (κ1) is 6.52. The lowest BCUT2D eigenvalue weighted by molar-refractivity contribution is -0.138. The topological polar surface area (TPSA) is 38.8 Å². The summed E-state index contributed by atoms with van der Waals surface area (Å²) in [6.07, 6.45) is -6.89. The Kier molecular flexibility index (Phi) is 1.20. The molecule has 4 nitrogen and oxygen atoms in total. The predicted octanol–water partition coefficient (Wildman–Crippen LogP) is 1.93. The van der Waals surface area contributed by atoms with E-state index >= 15 is 0 Å². The van der Waals surface area contributed by atoms with Gasteiger partial charge < -0.3 is 14.4 Å². The molecular formula is C18H21NO3. The summed E-state index contributed by atoms with van der Waals surface area (Å²) in [5, 5.41) is 0. The largest absolute Gasteiger partial charge is 0.493 e. The fourth-order valence-electron chi connectivity index (χ4n) is 4.24. The third-order valence-electron chi connectivity index (χ3n) is 5.16. The molecule has 0 N–H and O–H groups in total. The fourth-order valence-corrected chi connectivity index (χ4v) is 4.24. The van der Waals surface area contributed by atoms with Crippen molar-refractivity contribution >= 4 is 5.78 Å². The minimum atomic E-state index is -2.81. The molecule has 2 fully saturated rings. The molecule has 2 heterocycles. The van der Waals surface area contributed by atoms with Crippen molar-refractivity contribution in [2.75, 3.05) is 20.6 Å². The van der Waals surface area contributed by atoms with Gasteiger partial charge in [0.05, 0.1) is 11.2 Å². The lowest BCUT2D eigenvalue weighted by atomic mass is 9.52. The van der Waals surface area contributed by atoms with E-state index < -0.39 is 61.4 Å². The lowest BCUT2D eigenvalue weighted by Crippen LogP contribution is -2.65. The summed E-state index contributed by atoms with van der Waals surface area (Å²) in [6.45, 7) is -3.06. The average Bonchev–Trinajstić information content (AvgIpc) is 2.91. The van der Waals surface area contributed by atoms with E-state index in [-0.39, 0.29) is 41.6 Å². The third kappa shape index (κ3) is 1.27. The Morgan fingerprint density at radius 2 is 2.55 bits per heavy atom. The molecule has 2 bridgehead atoms. The van der Waals surface area contributed by atoms with Crippen molar-refractivity contribution in [2.45, 2.75) is 43.1 Å². The number of benzene rings is 1. The third-order valence-corrected chi connectivity index (χ3v) is 5.16. The number of piperidine rings is 1. The number of ether oxygens (including phenoxy) is 2. The van der Waals surface area contributed by atoms with Crippen LogP contribution in [-0.2, 0) is 16.6 Å². The maximum atomic E-state index is 13.3. The summed E-state index contributed by atoms with van der Waals surface area (Å²) in [5.41, 5.74) is -1.69. The van der Waals surface area contributed by atoms with Crippen LogP contribution in [0, 0.1) is 5.89 Å². The standard InChI is InChI=1S/C18H21NO3/c1-19-8-7-18-11-4-5-13(20)17(18)22-16-14(21-2)6-3-10(15(16)18)9-12(11)19/h3,6,11-12,17H,4-5,7-9H2,1-2H3/t11-,12+,17?,18-/m0/s1/i1D3,3D,5D2,6D,11D,12D,17D. The van der Waals surface area contributed by atoms with Gasteiger partial charge in [-0.25, -0.2) is 0 Å². The number of nitrogens with zero attached hydrogens (tertiary/aromatic N) is 1. The number of rotatable bonds is 1. The number of likely N-dealkylation sites (N-methyl/N-ethyl adjacent to an activating group) is 1. The van der Waals surface area contributed by atoms with Gasteiger partial charge in [0.2, 0.25) is 0 Å². The smallest absolute Gasteiger partial charge is 0.174 e. The summed E-state index contributed by atoms with van der Waals surface area (Å²) in [6, 6.07) is -3.05. The Morgan fingerprint density at radius 1 is 1.64 bits per heavy atom. The quantitative estimate of drug-likeness (QED) is 0.795. The minimum absolute atomic E-state index is 0.0713. The zero-order valence-corrected chi connectivity index (χ0v) is 12.0. The molecule has 5 rings (SSSR count). The number of hydrogen-bond acceptors (Lipinski definition) is 4. The molecule has 2 aliphatic carbocycles. The molecule has 2 aliphatic heterocycles. The van der Waals surface area contributed by atoms with E-state index in [9.17, 15) is 7.54 Å². The van der Waals surface area contributed by atoms with E-state index in [1.807, 2.05) is 0 Å². The van der Waals surface area contributed by atoms with E-state index in [2.05, 4.69) is 0 Å². The van der Waals surface area contributed by atoms with Crippen molar-refractivity contribution in [3.63, 3.8) is 0 Å². The molecule has 4 heteroatoms. The molecule has 1 unspecified atom stereocenters. The molecule has 0 aromatic heterocycles. The Balaban J connectivity index is 1.96. The fraction of sp³-hybridized carbons (Fsp3) is 0.611. The first-order valence-corrected chi connectivity index (χ1v) is 7.26. The van der Waals surface area contributed by atoms with Crippen LogP contribution in [0.25, 0.3) is 0 Å². The van der Waals surface area contributed by atoms with Crippen molar-refractivity contribution in [1.82, 2.24) is 4.90 Å². The number of Topliss-reactive ketones (excluding diaryl/α,β-unsaturated/α-hetero) is 1. The number of carbonyl (C=O) groups is 1. The van der Waals surface area contributed by atoms with E-state index in [0.29, 0.717) is 0 Å². The highest BCUT2D eigenvalue weighted by molar-refractivity contribution is 5.89. The number of likely N-dealkylation sites (tertiary alicyclic amines) is 1. The van der Waals surface area contributed by atoms with E-state index in [1.54, 1.807) is 0 Å². The first-order chi connectivity index (χ1) is 14.5. The Labute approximate surface area is 144 Å². The highest BCUT2D eigenvalue weighted by Gasteiger charge is 2.65. The molecule has 1 aromatic rings. The Morgan fingerprint density at radius 3 is 3.36 bits per heavy atom. The van der Waals surface area contributed by atoms with Crippen molar-refractivity contribution in [3.05, 3.63) is 23.2 Å². The van der Waals surface area contributed by atoms with Gasteiger partial charge in [0.15, 0.2) is 23.4 Å². The van der Waals surface area contributed by atoms with Gasteiger partial charge in [-0.05, 0) is 50.3 Å². The molecule has 22 heavy (non-hydrogen) atoms. The van der Waals surface area contributed by atoms with Crippen LogP contribution < -0.4 is 9.47 Å². The van der Waals surface area contributed by atoms with Gasteiger partial charge in [0, 0.05) is 33.0 Å². The number of carbonyl (C=O) groups excluding carboxylic acids is 1. The monoisotopic (exact) mass is 309 g/mol. The van der Waals surface area contributed by atoms with Crippen molar-refractivity contribution in [1.29, 1.82) is 0 Å². The molecule has 4 aliphatic rings. The zero-order chi connectivity index (χ0) is 23.9. The highest BCUT2D eigenvalue weighted by atomic mass is 16.5. The highest BCUT2D eigenvalue weighted by Crippen LogP contribution is 2.62. The maximum absolute atomic E-state index is 13.3. The normalized spacial score (nSPS) is 58.0. The summed E-state index contributed by atoms with van der Waals surface area (Å²) in [5.74, 6) is -3.85. The second-order valence-electron chi connectivity index (χ2n) is 5.99. The first-order valence-electron chi connectivity index (χ1n) is 12.3. The van der Waals surface area contributed by atoms with Crippen molar-refractivity contribution in [2.24, 2.45) is 5.89 Å². The van der Waals surface area contributed by atoms with Gasteiger partial charge in [-0.1, -0.05) is 6.04 Å². The summed E-state index contributed by atoms with van der Waals surface area (Å²) < 4.78 is 96.4. The Hall–Kier alpha value is -1.55. The molecule has 116 valence electrons. The number of hydrogen-bond donors (Lipinski definition) is 0. The van der Waals surface area contributed by atoms with Gasteiger partial charge >= 0.3 is 0 Å². The summed E-state index contributed by atoms with van der Waals surface area (Å²) in [4.78, 5) is 14.1. The van der Waals surface area contributed by atoms with E-state index in [0.717, 1.165) is 4.90 Å². The Bertz CT molecular complexity index is 1090. The number of ketones is 1. The molecule has 1 spiro atoms. The molecule has 4 atom stereocenters. The molecule has 0 amide bonds. The maximum Gasteiger partial charge on any atom is 0.174 e. The van der Waals surface area contributed by atoms with Crippen LogP contribution in [0.2, 0.25) is 0 Å². The SMILES string of the molecule is [2H]c1c([2H])c(OC)c2c3c1C[C@@]1([2H])N(C([2H])([2H])[2H])CC[C@@]34C([2H])(O2)C(=O)C([2H])([2H])C[C@@]14[2H].